The van der Waals surface area contributed by atoms with Gasteiger partial charge in [0.25, 0.3) is 5.91 Å². The molecule has 3 amide bonds. The highest BCUT2D eigenvalue weighted by Gasteiger charge is 2.35. The molecule has 0 radical (unpaired) electrons. The summed E-state index contributed by atoms with van der Waals surface area (Å²) in [5, 5.41) is 5.84. The van der Waals surface area contributed by atoms with E-state index in [4.69, 9.17) is 16.3 Å². The van der Waals surface area contributed by atoms with Crippen LogP contribution in [0.5, 0.6) is 0 Å². The summed E-state index contributed by atoms with van der Waals surface area (Å²) in [6.45, 7) is 15.8. The third kappa shape index (κ3) is 10.2. The normalized spacial score (nSPS) is 19.7. The Labute approximate surface area is 209 Å². The Morgan fingerprint density at radius 1 is 1.15 bits per heavy atom. The average Bonchev–Trinajstić information content (AvgIpc) is 2.84. The lowest BCUT2D eigenvalue weighted by Gasteiger charge is -2.38. The van der Waals surface area contributed by atoms with Gasteiger partial charge in [0.1, 0.15) is 10.9 Å². The number of rotatable bonds is 8. The van der Waals surface area contributed by atoms with Crippen molar-refractivity contribution in [3.05, 3.63) is 34.7 Å². The fraction of sp³-hybridized carbons (Fsp3) is 0.600. The molecule has 1 aliphatic rings. The molecule has 0 spiro atoms. The van der Waals surface area contributed by atoms with Gasteiger partial charge < -0.3 is 20.3 Å². The molecule has 8 nitrogen and oxygen atoms in total. The topological polar surface area (TPSA) is 100 Å². The second-order valence-corrected chi connectivity index (χ2v) is 7.79. The fourth-order valence-electron chi connectivity index (χ4n) is 3.08. The van der Waals surface area contributed by atoms with Crippen LogP contribution in [0, 0.1) is 0 Å². The standard InChI is InChI=1S/C23H35ClN4O4.C2H6/c1-7-11-17(9-3)26-22(30)23(31)28-13-12-18(19(14-28)32-10-4)27-21(29)16(6)25-20(24)15(5)8-2;1-2/h7,9,11,18-19H,8,10,12-14H2,1-6H3,(H,26,30)(H,27,29);1-2H3/b11-7-,17-9+,20-15+,25-16+;/t18?,19-;/m0./s1. The van der Waals surface area contributed by atoms with Crippen molar-refractivity contribution in [1.82, 2.24) is 15.5 Å². The minimum absolute atomic E-state index is 0.200. The number of allylic oxidation sites excluding steroid dienone is 4. The summed E-state index contributed by atoms with van der Waals surface area (Å²) in [5.74, 6) is -1.68. The number of hydrogen-bond acceptors (Lipinski definition) is 5. The lowest BCUT2D eigenvalue weighted by molar-refractivity contribution is -0.148. The number of ether oxygens (including phenoxy) is 1. The molecule has 0 bridgehead atoms. The molecule has 192 valence electrons. The van der Waals surface area contributed by atoms with E-state index in [1.807, 2.05) is 41.5 Å². The van der Waals surface area contributed by atoms with Crippen LogP contribution >= 0.6 is 11.6 Å². The summed E-state index contributed by atoms with van der Waals surface area (Å²) >= 11 is 6.14. The van der Waals surface area contributed by atoms with Gasteiger partial charge in [-0.25, -0.2) is 4.99 Å². The van der Waals surface area contributed by atoms with Crippen molar-refractivity contribution < 1.29 is 19.1 Å². The van der Waals surface area contributed by atoms with Crippen LogP contribution in [-0.4, -0.2) is 60.2 Å². The van der Waals surface area contributed by atoms with Crippen molar-refractivity contribution in [3.8, 4) is 0 Å². The van der Waals surface area contributed by atoms with Crippen LogP contribution in [0.3, 0.4) is 0 Å². The number of hydrogen-bond donors (Lipinski definition) is 2. The highest BCUT2D eigenvalue weighted by atomic mass is 35.5. The van der Waals surface area contributed by atoms with Gasteiger partial charge in [0.15, 0.2) is 0 Å². The van der Waals surface area contributed by atoms with E-state index in [0.717, 1.165) is 12.0 Å². The zero-order chi connectivity index (χ0) is 26.3. The second-order valence-electron chi connectivity index (χ2n) is 7.43. The van der Waals surface area contributed by atoms with E-state index in [2.05, 4.69) is 15.6 Å². The molecule has 0 aliphatic carbocycles. The molecule has 0 saturated carbocycles. The quantitative estimate of drug-likeness (QED) is 0.229. The molecular weight excluding hydrogens is 456 g/mol. The minimum atomic E-state index is -0.704. The first kappa shape index (κ1) is 31.6. The Balaban J connectivity index is 0.00000529. The Kier molecular flexibility index (Phi) is 15.8. The molecule has 1 fully saturated rings. The summed E-state index contributed by atoms with van der Waals surface area (Å²) < 4.78 is 5.78. The number of carbonyl (C=O) groups is 3. The zero-order valence-electron chi connectivity index (χ0n) is 21.8. The van der Waals surface area contributed by atoms with Gasteiger partial charge in [0, 0.05) is 25.4 Å². The number of aliphatic imine (C=N–C) groups is 1. The van der Waals surface area contributed by atoms with E-state index < -0.39 is 17.9 Å². The van der Waals surface area contributed by atoms with Crippen molar-refractivity contribution in [2.24, 2.45) is 4.99 Å². The van der Waals surface area contributed by atoms with Crippen LogP contribution in [0.25, 0.3) is 0 Å². The summed E-state index contributed by atoms with van der Waals surface area (Å²) in [7, 11) is 0. The Morgan fingerprint density at radius 2 is 1.79 bits per heavy atom. The van der Waals surface area contributed by atoms with Gasteiger partial charge in [-0.1, -0.05) is 44.5 Å². The maximum absolute atomic E-state index is 12.6. The maximum Gasteiger partial charge on any atom is 0.313 e. The third-order valence-corrected chi connectivity index (χ3v) is 5.54. The smallest absolute Gasteiger partial charge is 0.313 e. The SMILES string of the molecule is C/C=C\C(=C/C)NC(=O)C(=O)N1CCC(NC(=O)/C(C)=N/C(Cl)=C(\C)CC)[C@@H](OCC)C1.CC. The number of likely N-dealkylation sites (tertiary alicyclic amines) is 1. The van der Waals surface area contributed by atoms with E-state index >= 15 is 0 Å². The number of nitrogens with one attached hydrogen (secondary N) is 2. The molecule has 1 unspecified atom stereocenters. The number of carbonyl (C=O) groups excluding carboxylic acids is 3. The van der Waals surface area contributed by atoms with E-state index in [1.54, 1.807) is 32.1 Å². The first-order chi connectivity index (χ1) is 16.2. The molecule has 1 saturated heterocycles. The molecule has 0 aromatic carbocycles. The highest BCUT2D eigenvalue weighted by Crippen LogP contribution is 2.16. The van der Waals surface area contributed by atoms with Crippen molar-refractivity contribution in [1.29, 1.82) is 0 Å². The molecule has 9 heteroatoms. The Morgan fingerprint density at radius 3 is 2.32 bits per heavy atom. The van der Waals surface area contributed by atoms with Gasteiger partial charge in [0.2, 0.25) is 0 Å². The largest absolute Gasteiger partial charge is 0.375 e. The molecule has 0 aromatic rings. The first-order valence-corrected chi connectivity index (χ1v) is 12.3. The number of halogens is 1. The van der Waals surface area contributed by atoms with Crippen LogP contribution in [0.1, 0.15) is 68.2 Å². The summed E-state index contributed by atoms with van der Waals surface area (Å²) in [6.07, 6.45) is 5.95. The highest BCUT2D eigenvalue weighted by molar-refractivity contribution is 6.40. The van der Waals surface area contributed by atoms with Crippen LogP contribution in [0.15, 0.2) is 39.6 Å². The van der Waals surface area contributed by atoms with Crippen LogP contribution in [-0.2, 0) is 19.1 Å². The van der Waals surface area contributed by atoms with Gasteiger partial charge in [-0.3, -0.25) is 14.4 Å². The van der Waals surface area contributed by atoms with E-state index in [-0.39, 0.29) is 24.2 Å². The van der Waals surface area contributed by atoms with Crippen molar-refractivity contribution >= 4 is 35.0 Å². The summed E-state index contributed by atoms with van der Waals surface area (Å²) in [5.41, 5.74) is 1.69. The van der Waals surface area contributed by atoms with Crippen LogP contribution in [0.2, 0.25) is 0 Å². The van der Waals surface area contributed by atoms with Crippen LogP contribution in [0.4, 0.5) is 0 Å². The van der Waals surface area contributed by atoms with Gasteiger partial charge in [-0.15, -0.1) is 0 Å². The van der Waals surface area contributed by atoms with Crippen molar-refractivity contribution in [3.63, 3.8) is 0 Å². The molecule has 1 heterocycles. The zero-order valence-corrected chi connectivity index (χ0v) is 22.6. The number of amides is 3. The average molecular weight is 497 g/mol. The van der Waals surface area contributed by atoms with Gasteiger partial charge in [-0.05, 0) is 59.1 Å². The predicted molar refractivity (Wildman–Crippen MR) is 139 cm³/mol. The maximum atomic E-state index is 12.6. The summed E-state index contributed by atoms with van der Waals surface area (Å²) in [6, 6.07) is -0.316. The second kappa shape index (κ2) is 17.1. The molecular formula is C25H41ClN4O4. The van der Waals surface area contributed by atoms with Gasteiger partial charge in [-0.2, -0.15) is 0 Å². The van der Waals surface area contributed by atoms with E-state index in [1.165, 1.54) is 4.90 Å². The molecule has 0 aromatic heterocycles. The minimum Gasteiger partial charge on any atom is -0.375 e. The number of nitrogens with zero attached hydrogens (tertiary/aromatic N) is 2. The Hall–Kier alpha value is -2.45. The molecule has 2 atom stereocenters. The predicted octanol–water partition coefficient (Wildman–Crippen LogP) is 4.07. The van der Waals surface area contributed by atoms with Gasteiger partial charge >= 0.3 is 11.8 Å². The molecule has 1 aliphatic heterocycles. The Bertz CT molecular complexity index is 818. The molecule has 34 heavy (non-hydrogen) atoms. The lowest BCUT2D eigenvalue weighted by atomic mass is 10.0. The van der Waals surface area contributed by atoms with Crippen LogP contribution < -0.4 is 10.6 Å². The monoisotopic (exact) mass is 496 g/mol. The number of piperidine rings is 1. The molecule has 1 rings (SSSR count). The fourth-order valence-corrected chi connectivity index (χ4v) is 3.34. The van der Waals surface area contributed by atoms with Crippen molar-refractivity contribution in [2.45, 2.75) is 80.4 Å². The third-order valence-electron chi connectivity index (χ3n) is 5.13. The van der Waals surface area contributed by atoms with Crippen molar-refractivity contribution in [2.75, 3.05) is 19.7 Å². The lowest BCUT2D eigenvalue weighted by Crippen LogP contribution is -2.58. The van der Waals surface area contributed by atoms with E-state index in [0.29, 0.717) is 30.4 Å². The van der Waals surface area contributed by atoms with E-state index in [9.17, 15) is 14.4 Å². The molecule has 2 N–H and O–H groups in total. The first-order valence-electron chi connectivity index (χ1n) is 11.9. The summed E-state index contributed by atoms with van der Waals surface area (Å²) in [4.78, 5) is 43.2. The van der Waals surface area contributed by atoms with Gasteiger partial charge in [0.05, 0.1) is 12.1 Å².